The number of hydrogen-bond donors (Lipinski definition) is 3. The Labute approximate surface area is 141 Å². The van der Waals surface area contributed by atoms with E-state index in [-0.39, 0.29) is 5.91 Å². The molecule has 1 amide bonds. The fourth-order valence-electron chi connectivity index (χ4n) is 2.83. The van der Waals surface area contributed by atoms with Crippen LogP contribution in [0.3, 0.4) is 0 Å². The molecule has 0 spiro atoms. The van der Waals surface area contributed by atoms with Crippen molar-refractivity contribution in [1.29, 1.82) is 0 Å². The van der Waals surface area contributed by atoms with Crippen LogP contribution in [0.2, 0.25) is 0 Å². The normalized spacial score (nSPS) is 10.8. The van der Waals surface area contributed by atoms with Crippen molar-refractivity contribution in [2.45, 2.75) is 26.7 Å². The maximum absolute atomic E-state index is 12.6. The minimum Gasteiger partial charge on any atom is -0.386 e. The molecule has 3 rings (SSSR count). The molecule has 1 aromatic heterocycles. The summed E-state index contributed by atoms with van der Waals surface area (Å²) in [5, 5.41) is 6.05. The highest BCUT2D eigenvalue weighted by Gasteiger charge is 2.13. The average molecular weight is 322 g/mol. The Morgan fingerprint density at radius 2 is 1.96 bits per heavy atom. The van der Waals surface area contributed by atoms with Crippen LogP contribution >= 0.6 is 0 Å². The van der Waals surface area contributed by atoms with Gasteiger partial charge in [0.1, 0.15) is 5.82 Å². The predicted octanol–water partition coefficient (Wildman–Crippen LogP) is 4.12. The summed E-state index contributed by atoms with van der Waals surface area (Å²) in [5.74, 6) is 0.836. The number of nitrogens with one attached hydrogen (secondary N) is 3. The summed E-state index contributed by atoms with van der Waals surface area (Å²) >= 11 is 0. The largest absolute Gasteiger partial charge is 0.386 e. The number of H-pyrrole nitrogens is 1. The summed E-state index contributed by atoms with van der Waals surface area (Å²) in [6, 6.07) is 11.4. The Hall–Kier alpha value is -2.82. The van der Waals surface area contributed by atoms with Gasteiger partial charge in [0.25, 0.3) is 5.91 Å². The lowest BCUT2D eigenvalue weighted by molar-refractivity contribution is 0.102. The molecule has 5 nitrogen and oxygen atoms in total. The Bertz CT molecular complexity index is 882. The van der Waals surface area contributed by atoms with Crippen LogP contribution in [-0.2, 0) is 6.42 Å². The molecule has 0 unspecified atom stereocenters. The number of nitrogens with zero attached hydrogens (tertiary/aromatic N) is 1. The third kappa shape index (κ3) is 3.11. The first kappa shape index (κ1) is 16.1. The van der Waals surface area contributed by atoms with Gasteiger partial charge >= 0.3 is 0 Å². The van der Waals surface area contributed by atoms with Crippen molar-refractivity contribution in [1.82, 2.24) is 9.97 Å². The second-order valence-electron chi connectivity index (χ2n) is 5.87. The molecule has 0 saturated carbocycles. The lowest BCUT2D eigenvalue weighted by atomic mass is 10.1. The van der Waals surface area contributed by atoms with E-state index in [1.165, 1.54) is 0 Å². The topological polar surface area (TPSA) is 69.8 Å². The number of carbonyl (C=O) groups is 1. The molecule has 0 aliphatic rings. The van der Waals surface area contributed by atoms with Gasteiger partial charge in [-0.05, 0) is 43.2 Å². The molecular formula is C19H22N4O. The van der Waals surface area contributed by atoms with E-state index in [4.69, 9.17) is 0 Å². The molecule has 0 aliphatic heterocycles. The van der Waals surface area contributed by atoms with Crippen LogP contribution in [0.15, 0.2) is 36.4 Å². The van der Waals surface area contributed by atoms with Gasteiger partial charge in [0.15, 0.2) is 0 Å². The number of carbonyl (C=O) groups excluding carboxylic acids is 1. The van der Waals surface area contributed by atoms with E-state index in [1.54, 1.807) is 0 Å². The standard InChI is InChI=1S/C19H22N4O/c1-4-7-17-21-16-11-13(10-12(2)18(16)23-17)19(24)22-15-9-6-5-8-14(15)20-3/h5-6,8-11,20H,4,7H2,1-3H3,(H,21,23)(H,22,24). The van der Waals surface area contributed by atoms with Gasteiger partial charge in [-0.2, -0.15) is 0 Å². The van der Waals surface area contributed by atoms with Gasteiger partial charge in [-0.15, -0.1) is 0 Å². The van der Waals surface area contributed by atoms with Gasteiger partial charge in [0.2, 0.25) is 0 Å². The Morgan fingerprint density at radius 3 is 2.67 bits per heavy atom. The molecule has 0 radical (unpaired) electrons. The maximum Gasteiger partial charge on any atom is 0.255 e. The number of anilines is 2. The average Bonchev–Trinajstić information content (AvgIpc) is 2.99. The zero-order chi connectivity index (χ0) is 17.1. The summed E-state index contributed by atoms with van der Waals surface area (Å²) in [4.78, 5) is 20.6. The fraction of sp³-hybridized carbons (Fsp3) is 0.263. The first-order valence-corrected chi connectivity index (χ1v) is 8.19. The van der Waals surface area contributed by atoms with Crippen molar-refractivity contribution in [2.75, 3.05) is 17.7 Å². The fourth-order valence-corrected chi connectivity index (χ4v) is 2.83. The van der Waals surface area contributed by atoms with Crippen molar-refractivity contribution in [3.05, 3.63) is 53.3 Å². The Balaban J connectivity index is 1.92. The maximum atomic E-state index is 12.6. The number of rotatable bonds is 5. The summed E-state index contributed by atoms with van der Waals surface area (Å²) < 4.78 is 0. The molecule has 5 heteroatoms. The van der Waals surface area contributed by atoms with Gasteiger partial charge in [0, 0.05) is 19.0 Å². The van der Waals surface area contributed by atoms with E-state index in [2.05, 4.69) is 27.5 Å². The minimum atomic E-state index is -0.130. The number of aromatic nitrogens is 2. The first-order valence-electron chi connectivity index (χ1n) is 8.19. The molecular weight excluding hydrogens is 300 g/mol. The lowest BCUT2D eigenvalue weighted by Crippen LogP contribution is -2.13. The van der Waals surface area contributed by atoms with E-state index in [1.807, 2.05) is 50.4 Å². The van der Waals surface area contributed by atoms with Crippen molar-refractivity contribution in [2.24, 2.45) is 0 Å². The van der Waals surface area contributed by atoms with Gasteiger partial charge in [0.05, 0.1) is 22.4 Å². The molecule has 3 N–H and O–H groups in total. The molecule has 0 saturated heterocycles. The predicted molar refractivity (Wildman–Crippen MR) is 98.8 cm³/mol. The highest BCUT2D eigenvalue weighted by Crippen LogP contribution is 2.23. The minimum absolute atomic E-state index is 0.130. The number of benzene rings is 2. The van der Waals surface area contributed by atoms with Crippen LogP contribution in [-0.4, -0.2) is 22.9 Å². The van der Waals surface area contributed by atoms with E-state index < -0.39 is 0 Å². The molecule has 0 atom stereocenters. The van der Waals surface area contributed by atoms with Crippen LogP contribution in [0, 0.1) is 6.92 Å². The summed E-state index contributed by atoms with van der Waals surface area (Å²) in [6.07, 6.45) is 1.94. The molecule has 0 aliphatic carbocycles. The highest BCUT2D eigenvalue weighted by molar-refractivity contribution is 6.07. The van der Waals surface area contributed by atoms with Crippen LogP contribution in [0.4, 0.5) is 11.4 Å². The molecule has 124 valence electrons. The van der Waals surface area contributed by atoms with E-state index >= 15 is 0 Å². The highest BCUT2D eigenvalue weighted by atomic mass is 16.1. The van der Waals surface area contributed by atoms with Crippen molar-refractivity contribution < 1.29 is 4.79 Å². The third-order valence-electron chi connectivity index (χ3n) is 4.02. The van der Waals surface area contributed by atoms with Crippen molar-refractivity contribution in [3.8, 4) is 0 Å². The van der Waals surface area contributed by atoms with Gasteiger partial charge < -0.3 is 15.6 Å². The smallest absolute Gasteiger partial charge is 0.255 e. The van der Waals surface area contributed by atoms with Crippen LogP contribution in [0.5, 0.6) is 0 Å². The van der Waals surface area contributed by atoms with Crippen LogP contribution in [0.1, 0.15) is 35.1 Å². The second-order valence-corrected chi connectivity index (χ2v) is 5.87. The van der Waals surface area contributed by atoms with Gasteiger partial charge in [-0.25, -0.2) is 4.98 Å². The number of aromatic amines is 1. The molecule has 1 heterocycles. The SMILES string of the molecule is CCCc1nc2c(C)cc(C(=O)Nc3ccccc3NC)cc2[nH]1. The quantitative estimate of drug-likeness (QED) is 0.662. The molecule has 3 aromatic rings. The summed E-state index contributed by atoms with van der Waals surface area (Å²) in [5.41, 5.74) is 5.11. The van der Waals surface area contributed by atoms with Gasteiger partial charge in [-0.1, -0.05) is 19.1 Å². The first-order chi connectivity index (χ1) is 11.6. The zero-order valence-electron chi connectivity index (χ0n) is 14.2. The zero-order valence-corrected chi connectivity index (χ0v) is 14.2. The summed E-state index contributed by atoms with van der Waals surface area (Å²) in [6.45, 7) is 4.11. The number of fused-ring (bicyclic) bond motifs is 1. The molecule has 0 bridgehead atoms. The van der Waals surface area contributed by atoms with E-state index in [0.717, 1.165) is 46.6 Å². The third-order valence-corrected chi connectivity index (χ3v) is 4.02. The monoisotopic (exact) mass is 322 g/mol. The van der Waals surface area contributed by atoms with Crippen molar-refractivity contribution in [3.63, 3.8) is 0 Å². The molecule has 2 aromatic carbocycles. The van der Waals surface area contributed by atoms with Crippen molar-refractivity contribution >= 4 is 28.3 Å². The molecule has 24 heavy (non-hydrogen) atoms. The summed E-state index contributed by atoms with van der Waals surface area (Å²) in [7, 11) is 1.83. The Kier molecular flexibility index (Phi) is 4.51. The molecule has 0 fully saturated rings. The van der Waals surface area contributed by atoms with E-state index in [0.29, 0.717) is 5.56 Å². The second kappa shape index (κ2) is 6.74. The number of hydrogen-bond acceptors (Lipinski definition) is 3. The van der Waals surface area contributed by atoms with Crippen LogP contribution < -0.4 is 10.6 Å². The van der Waals surface area contributed by atoms with Gasteiger partial charge in [-0.3, -0.25) is 4.79 Å². The number of amides is 1. The number of imidazole rings is 1. The van der Waals surface area contributed by atoms with Crippen LogP contribution in [0.25, 0.3) is 11.0 Å². The Morgan fingerprint density at radius 1 is 1.21 bits per heavy atom. The van der Waals surface area contributed by atoms with E-state index in [9.17, 15) is 4.79 Å². The lowest BCUT2D eigenvalue weighted by Gasteiger charge is -2.11. The number of aryl methyl sites for hydroxylation is 2. The number of para-hydroxylation sites is 2.